The van der Waals surface area contributed by atoms with Gasteiger partial charge in [-0.1, -0.05) is 411 Å². The zero-order valence-electron chi connectivity index (χ0n) is 59.3. The number of rotatable bonds is 76. The molecule has 0 saturated heterocycles. The van der Waals surface area contributed by atoms with E-state index >= 15 is 0 Å². The van der Waals surface area contributed by atoms with Crippen molar-refractivity contribution in [2.24, 2.45) is 0 Å². The van der Waals surface area contributed by atoms with E-state index in [0.29, 0.717) is 25.9 Å². The van der Waals surface area contributed by atoms with Crippen molar-refractivity contribution in [3.63, 3.8) is 0 Å². The van der Waals surface area contributed by atoms with E-state index in [1.54, 1.807) is 0 Å². The Bertz CT molecular complexity index is 1360. The molecule has 3 N–H and O–H groups in total. The van der Waals surface area contributed by atoms with Crippen molar-refractivity contribution in [3.05, 3.63) is 24.3 Å². The molecule has 0 saturated carbocycles. The molecule has 0 aliphatic carbocycles. The van der Waals surface area contributed by atoms with Crippen LogP contribution >= 0.6 is 0 Å². The van der Waals surface area contributed by atoms with Crippen LogP contribution in [0.1, 0.15) is 457 Å². The molecule has 2 unspecified atom stereocenters. The number of nitrogens with one attached hydrogen (secondary N) is 1. The third kappa shape index (κ3) is 73.3. The van der Waals surface area contributed by atoms with Crippen molar-refractivity contribution < 1.29 is 24.5 Å². The molecule has 0 aromatic heterocycles. The smallest absolute Gasteiger partial charge is 0.305 e. The molecule has 6 nitrogen and oxygen atoms in total. The Morgan fingerprint density at radius 2 is 0.575 bits per heavy atom. The molecule has 2 atom stereocenters. The Kier molecular flexibility index (Phi) is 75.3. The van der Waals surface area contributed by atoms with Crippen molar-refractivity contribution in [3.8, 4) is 0 Å². The summed E-state index contributed by atoms with van der Waals surface area (Å²) in [5.41, 5.74) is 0. The van der Waals surface area contributed by atoms with Gasteiger partial charge >= 0.3 is 5.97 Å². The van der Waals surface area contributed by atoms with Crippen LogP contribution in [0.15, 0.2) is 24.3 Å². The van der Waals surface area contributed by atoms with Gasteiger partial charge in [-0.2, -0.15) is 0 Å². The lowest BCUT2D eigenvalue weighted by atomic mass is 10.0. The van der Waals surface area contributed by atoms with Gasteiger partial charge in [-0.3, -0.25) is 9.59 Å². The fraction of sp³-hybridized carbons (Fsp3) is 0.926. The third-order valence-corrected chi connectivity index (χ3v) is 19.0. The molecule has 516 valence electrons. The van der Waals surface area contributed by atoms with Crippen LogP contribution in [-0.2, 0) is 14.3 Å². The first-order chi connectivity index (χ1) is 43.0. The largest absolute Gasteiger partial charge is 0.466 e. The molecule has 1 amide bonds. The number of aliphatic hydroxyl groups is 2. The second-order valence-corrected chi connectivity index (χ2v) is 27.8. The number of amides is 1. The minimum Gasteiger partial charge on any atom is -0.466 e. The van der Waals surface area contributed by atoms with Crippen LogP contribution < -0.4 is 5.32 Å². The van der Waals surface area contributed by atoms with Gasteiger partial charge in [0.2, 0.25) is 5.91 Å². The molecule has 0 fully saturated rings. The van der Waals surface area contributed by atoms with E-state index in [2.05, 4.69) is 43.5 Å². The molecule has 0 aromatic rings. The van der Waals surface area contributed by atoms with Crippen LogP contribution in [0.2, 0.25) is 0 Å². The summed E-state index contributed by atoms with van der Waals surface area (Å²) >= 11 is 0. The van der Waals surface area contributed by atoms with Crippen LogP contribution in [-0.4, -0.2) is 47.4 Å². The molecular weight excluding hydrogens is 1070 g/mol. The van der Waals surface area contributed by atoms with E-state index in [4.69, 9.17) is 4.74 Å². The Balaban J connectivity index is 3.29. The molecule has 0 aromatic carbocycles. The lowest BCUT2D eigenvalue weighted by molar-refractivity contribution is -0.143. The number of hydrogen-bond donors (Lipinski definition) is 3. The van der Waals surface area contributed by atoms with Gasteiger partial charge in [0.1, 0.15) is 0 Å². The van der Waals surface area contributed by atoms with Gasteiger partial charge in [-0.15, -0.1) is 0 Å². The number of unbranched alkanes of at least 4 members (excludes halogenated alkanes) is 61. The number of ether oxygens (including phenoxy) is 1. The third-order valence-electron chi connectivity index (χ3n) is 19.0. The average molecular weight is 1230 g/mol. The highest BCUT2D eigenvalue weighted by Gasteiger charge is 2.20. The Hall–Kier alpha value is -1.66. The highest BCUT2D eigenvalue weighted by atomic mass is 16.5. The Morgan fingerprint density at radius 3 is 0.897 bits per heavy atom. The molecule has 87 heavy (non-hydrogen) atoms. The van der Waals surface area contributed by atoms with Crippen LogP contribution in [0, 0.1) is 0 Å². The van der Waals surface area contributed by atoms with Crippen molar-refractivity contribution in [1.29, 1.82) is 0 Å². The van der Waals surface area contributed by atoms with Gasteiger partial charge < -0.3 is 20.3 Å². The molecule has 0 aliphatic heterocycles. The van der Waals surface area contributed by atoms with Gasteiger partial charge in [0.05, 0.1) is 25.4 Å². The molecule has 0 bridgehead atoms. The maximum atomic E-state index is 12.5. The highest BCUT2D eigenvalue weighted by Crippen LogP contribution is 2.20. The van der Waals surface area contributed by atoms with Gasteiger partial charge in [0.25, 0.3) is 0 Å². The monoisotopic (exact) mass is 1220 g/mol. The number of carbonyl (C=O) groups excluding carboxylic acids is 2. The van der Waals surface area contributed by atoms with Crippen molar-refractivity contribution in [2.45, 2.75) is 469 Å². The molecule has 0 spiro atoms. The molecule has 0 heterocycles. The lowest BCUT2D eigenvalue weighted by Crippen LogP contribution is -2.45. The molecule has 0 radical (unpaired) electrons. The van der Waals surface area contributed by atoms with Crippen LogP contribution in [0.25, 0.3) is 0 Å². The summed E-state index contributed by atoms with van der Waals surface area (Å²) in [6, 6.07) is -0.536. The van der Waals surface area contributed by atoms with E-state index in [0.717, 1.165) is 51.4 Å². The SMILES string of the molecule is CCCCC/C=C\C/C=C\CCCCCCCC(=O)OCCCCCCCCCCCCCCCCCCCCCCCCCCCCCCCCCCCCCCCCCC(=O)NC(CO)C(O)CCCCCCCCCCCCCCCCCC. The van der Waals surface area contributed by atoms with Crippen LogP contribution in [0.4, 0.5) is 0 Å². The minimum atomic E-state index is -0.659. The van der Waals surface area contributed by atoms with E-state index in [1.165, 1.54) is 372 Å². The molecule has 0 rings (SSSR count). The molecule has 6 heteroatoms. The lowest BCUT2D eigenvalue weighted by Gasteiger charge is -2.22. The van der Waals surface area contributed by atoms with E-state index in [1.807, 2.05) is 0 Å². The number of allylic oxidation sites excluding steroid dienone is 4. The van der Waals surface area contributed by atoms with Gasteiger partial charge in [-0.05, 0) is 57.8 Å². The quantitative estimate of drug-likeness (QED) is 0.0320. The van der Waals surface area contributed by atoms with Gasteiger partial charge in [-0.25, -0.2) is 0 Å². The van der Waals surface area contributed by atoms with Gasteiger partial charge in [0.15, 0.2) is 0 Å². The zero-order valence-corrected chi connectivity index (χ0v) is 59.3. The van der Waals surface area contributed by atoms with Crippen molar-refractivity contribution in [1.82, 2.24) is 5.32 Å². The van der Waals surface area contributed by atoms with Crippen LogP contribution in [0.3, 0.4) is 0 Å². The standard InChI is InChI=1S/C81H157NO5/c1-3-5-7-9-11-13-15-17-19-46-49-53-57-61-65-69-73-79(84)78(77-83)82-80(85)74-70-66-62-58-54-50-47-43-41-39-37-35-33-31-29-27-25-23-21-20-22-24-26-28-30-32-34-36-38-40-42-44-48-52-56-60-64-68-72-76-87-81(86)75-71-67-63-59-55-51-45-18-16-14-12-10-8-6-4-2/h12,14,18,45,78-79,83-84H,3-11,13,15-17,19-44,46-77H2,1-2H3,(H,82,85)/b14-12-,45-18-. The number of hydrogen-bond acceptors (Lipinski definition) is 5. The number of aliphatic hydroxyl groups excluding tert-OH is 2. The first kappa shape index (κ1) is 85.3. The first-order valence-electron chi connectivity index (χ1n) is 40.1. The Morgan fingerprint density at radius 1 is 0.322 bits per heavy atom. The average Bonchev–Trinajstić information content (AvgIpc) is 3.53. The minimum absolute atomic E-state index is 0.0107. The predicted molar refractivity (Wildman–Crippen MR) is 384 cm³/mol. The maximum absolute atomic E-state index is 12.5. The number of esters is 1. The second-order valence-electron chi connectivity index (χ2n) is 27.8. The topological polar surface area (TPSA) is 95.9 Å². The summed E-state index contributed by atoms with van der Waals surface area (Å²) in [5.74, 6) is -0.0140. The fourth-order valence-electron chi connectivity index (χ4n) is 12.9. The summed E-state index contributed by atoms with van der Waals surface area (Å²) in [7, 11) is 0. The van der Waals surface area contributed by atoms with Gasteiger partial charge in [0, 0.05) is 12.8 Å². The number of carbonyl (C=O) groups is 2. The van der Waals surface area contributed by atoms with Crippen molar-refractivity contribution in [2.75, 3.05) is 13.2 Å². The fourth-order valence-corrected chi connectivity index (χ4v) is 12.9. The molecule has 0 aliphatic rings. The van der Waals surface area contributed by atoms with E-state index < -0.39 is 12.1 Å². The summed E-state index contributed by atoms with van der Waals surface area (Å²) in [5, 5.41) is 23.4. The maximum Gasteiger partial charge on any atom is 0.305 e. The molecular formula is C81H157NO5. The summed E-state index contributed by atoms with van der Waals surface area (Å²) < 4.78 is 5.50. The first-order valence-corrected chi connectivity index (χ1v) is 40.1. The van der Waals surface area contributed by atoms with Crippen LogP contribution in [0.5, 0.6) is 0 Å². The normalized spacial score (nSPS) is 12.6. The van der Waals surface area contributed by atoms with Crippen molar-refractivity contribution >= 4 is 11.9 Å². The summed E-state index contributed by atoms with van der Waals surface area (Å²) in [6.45, 7) is 4.97. The van der Waals surface area contributed by atoms with E-state index in [9.17, 15) is 19.8 Å². The van der Waals surface area contributed by atoms with E-state index in [-0.39, 0.29) is 18.5 Å². The predicted octanol–water partition coefficient (Wildman–Crippen LogP) is 26.4. The summed E-state index contributed by atoms with van der Waals surface area (Å²) in [6.07, 6.45) is 98.6. The summed E-state index contributed by atoms with van der Waals surface area (Å²) in [4.78, 5) is 24.6. The Labute approximate surface area is 545 Å². The zero-order chi connectivity index (χ0) is 62.8. The highest BCUT2D eigenvalue weighted by molar-refractivity contribution is 5.76. The second kappa shape index (κ2) is 76.8.